The third kappa shape index (κ3) is 4.01. The minimum atomic E-state index is -4.39. The maximum absolute atomic E-state index is 12.7. The van der Waals surface area contributed by atoms with Gasteiger partial charge in [0.2, 0.25) is 5.65 Å². The predicted molar refractivity (Wildman–Crippen MR) is 103 cm³/mol. The zero-order chi connectivity index (χ0) is 21.5. The Hall–Kier alpha value is -3.17. The van der Waals surface area contributed by atoms with E-state index in [-0.39, 0.29) is 11.6 Å². The first-order valence-electron chi connectivity index (χ1n) is 9.01. The second-order valence-electron chi connectivity index (χ2n) is 6.90. The fraction of sp³-hybridized carbons (Fsp3) is 0.368. The standard InChI is InChI=1S/C19H21F3N6O/c1-5-10(2)15-14(13-8-11(3)24-12(4)9-13)16-26-27(7-6-19(20,21)22)18(29)28(16)17(23)25-15/h5,8-9H,6-7H2,1-4H3,(H2,23,24,25,26)/p+1/b10-5-. The number of rotatable bonds is 4. The SMILES string of the molecule is C/C=C(/C)c1nc(N)[n+]2c(=O)n(CCC(F)(F)F)[nH]c2c1-c1cc(C)nc(C)c1. The Labute approximate surface area is 164 Å². The second-order valence-corrected chi connectivity index (χ2v) is 6.90. The van der Waals surface area contributed by atoms with E-state index in [0.29, 0.717) is 11.3 Å². The van der Waals surface area contributed by atoms with Crippen LogP contribution in [0.4, 0.5) is 19.1 Å². The molecule has 29 heavy (non-hydrogen) atoms. The van der Waals surface area contributed by atoms with E-state index in [0.717, 1.165) is 31.6 Å². The molecule has 3 aromatic rings. The first-order chi connectivity index (χ1) is 13.5. The van der Waals surface area contributed by atoms with E-state index in [1.54, 1.807) is 0 Å². The first-order valence-corrected chi connectivity index (χ1v) is 9.01. The van der Waals surface area contributed by atoms with Gasteiger partial charge < -0.3 is 5.73 Å². The lowest BCUT2D eigenvalue weighted by Crippen LogP contribution is -2.44. The molecular weight excluding hydrogens is 385 g/mol. The molecule has 0 bridgehead atoms. The fourth-order valence-corrected chi connectivity index (χ4v) is 3.22. The number of anilines is 1. The van der Waals surface area contributed by atoms with E-state index in [4.69, 9.17) is 5.73 Å². The van der Waals surface area contributed by atoms with E-state index in [1.807, 2.05) is 45.9 Å². The topological polar surface area (TPSA) is 93.7 Å². The lowest BCUT2D eigenvalue weighted by molar-refractivity contribution is -0.517. The molecule has 0 atom stereocenters. The number of nitrogens with zero attached hydrogens (tertiary/aromatic N) is 4. The largest absolute Gasteiger partial charge is 0.428 e. The number of hydrogen-bond acceptors (Lipinski definition) is 4. The van der Waals surface area contributed by atoms with Gasteiger partial charge in [0, 0.05) is 11.4 Å². The Morgan fingerprint density at radius 2 is 1.90 bits per heavy atom. The summed E-state index contributed by atoms with van der Waals surface area (Å²) >= 11 is 0. The van der Waals surface area contributed by atoms with Crippen LogP contribution in [0.25, 0.3) is 22.3 Å². The van der Waals surface area contributed by atoms with E-state index in [2.05, 4.69) is 15.1 Å². The van der Waals surface area contributed by atoms with E-state index in [9.17, 15) is 18.0 Å². The van der Waals surface area contributed by atoms with Gasteiger partial charge in [-0.05, 0) is 51.0 Å². The number of pyridine rings is 1. The van der Waals surface area contributed by atoms with Gasteiger partial charge in [0.1, 0.15) is 5.69 Å². The van der Waals surface area contributed by atoms with Gasteiger partial charge in [-0.25, -0.2) is 9.89 Å². The number of allylic oxidation sites excluding steroid dienone is 2. The molecule has 10 heteroatoms. The van der Waals surface area contributed by atoms with Crippen LogP contribution < -0.4 is 15.8 Å². The molecule has 3 N–H and O–H groups in total. The van der Waals surface area contributed by atoms with Gasteiger partial charge in [-0.3, -0.25) is 4.98 Å². The molecule has 3 heterocycles. The van der Waals surface area contributed by atoms with Crippen molar-refractivity contribution in [1.29, 1.82) is 0 Å². The maximum atomic E-state index is 12.7. The molecule has 7 nitrogen and oxygen atoms in total. The Bertz CT molecular complexity index is 1150. The monoisotopic (exact) mass is 407 g/mol. The molecule has 0 aliphatic heterocycles. The minimum absolute atomic E-state index is 0.102. The van der Waals surface area contributed by atoms with Crippen LogP contribution >= 0.6 is 0 Å². The van der Waals surface area contributed by atoms with Gasteiger partial charge in [0.15, 0.2) is 0 Å². The van der Waals surface area contributed by atoms with Crippen molar-refractivity contribution in [1.82, 2.24) is 19.7 Å². The van der Waals surface area contributed by atoms with Crippen molar-refractivity contribution in [2.75, 3.05) is 5.73 Å². The second kappa shape index (κ2) is 7.34. The van der Waals surface area contributed by atoms with Gasteiger partial charge >= 0.3 is 17.8 Å². The van der Waals surface area contributed by atoms with Crippen molar-refractivity contribution in [3.05, 3.63) is 45.8 Å². The quantitative estimate of drug-likeness (QED) is 0.651. The summed E-state index contributed by atoms with van der Waals surface area (Å²) in [5.41, 5.74) is 9.77. The number of nitrogens with two attached hydrogens (primary N) is 1. The van der Waals surface area contributed by atoms with Crippen molar-refractivity contribution in [3.63, 3.8) is 0 Å². The minimum Gasteiger partial charge on any atom is -0.319 e. The van der Waals surface area contributed by atoms with E-state index in [1.165, 1.54) is 0 Å². The summed E-state index contributed by atoms with van der Waals surface area (Å²) in [6.45, 7) is 6.82. The zero-order valence-corrected chi connectivity index (χ0v) is 16.6. The van der Waals surface area contributed by atoms with Crippen LogP contribution in [0.1, 0.15) is 37.4 Å². The first kappa shape index (κ1) is 20.6. The molecule has 0 radical (unpaired) electrons. The summed E-state index contributed by atoms with van der Waals surface area (Å²) in [6, 6.07) is 3.66. The summed E-state index contributed by atoms with van der Waals surface area (Å²) in [7, 11) is 0. The molecule has 0 unspecified atom stereocenters. The van der Waals surface area contributed by atoms with Crippen LogP contribution in [0, 0.1) is 13.8 Å². The Morgan fingerprint density at radius 3 is 2.45 bits per heavy atom. The fourth-order valence-electron chi connectivity index (χ4n) is 3.22. The summed E-state index contributed by atoms with van der Waals surface area (Å²) < 4.78 is 40.0. The molecule has 0 saturated carbocycles. The summed E-state index contributed by atoms with van der Waals surface area (Å²) in [4.78, 5) is 21.5. The van der Waals surface area contributed by atoms with Gasteiger partial charge in [0.05, 0.1) is 18.5 Å². The number of hydrogen-bond donors (Lipinski definition) is 2. The molecule has 3 rings (SSSR count). The highest BCUT2D eigenvalue weighted by Crippen LogP contribution is 2.30. The third-order valence-electron chi connectivity index (χ3n) is 4.61. The maximum Gasteiger partial charge on any atom is 0.428 e. The smallest absolute Gasteiger partial charge is 0.319 e. The van der Waals surface area contributed by atoms with E-state index < -0.39 is 24.8 Å². The number of aromatic nitrogens is 5. The normalized spacial score (nSPS) is 12.7. The van der Waals surface area contributed by atoms with Gasteiger partial charge in [-0.15, -0.1) is 9.38 Å². The van der Waals surface area contributed by atoms with Crippen LogP contribution in [0.15, 0.2) is 23.0 Å². The Kier molecular flexibility index (Phi) is 5.20. The van der Waals surface area contributed by atoms with Crippen molar-refractivity contribution in [3.8, 4) is 11.1 Å². The lowest BCUT2D eigenvalue weighted by Gasteiger charge is -2.10. The van der Waals surface area contributed by atoms with Crippen molar-refractivity contribution >= 4 is 17.2 Å². The number of nitrogen functional groups attached to an aromatic ring is 1. The highest BCUT2D eigenvalue weighted by Gasteiger charge is 2.30. The number of fused-ring (bicyclic) bond motifs is 1. The third-order valence-corrected chi connectivity index (χ3v) is 4.61. The van der Waals surface area contributed by atoms with Crippen molar-refractivity contribution in [2.45, 2.75) is 46.8 Å². The number of halogens is 3. The molecule has 0 fully saturated rings. The number of H-pyrrole nitrogens is 1. The summed E-state index contributed by atoms with van der Waals surface area (Å²) in [5, 5.41) is 2.80. The molecule has 3 aromatic heterocycles. The van der Waals surface area contributed by atoms with Gasteiger partial charge in [0.25, 0.3) is 0 Å². The highest BCUT2D eigenvalue weighted by atomic mass is 19.4. The molecule has 0 aliphatic rings. The van der Waals surface area contributed by atoms with Gasteiger partial charge in [-0.1, -0.05) is 6.08 Å². The van der Waals surface area contributed by atoms with E-state index >= 15 is 0 Å². The molecule has 0 aromatic carbocycles. The Morgan fingerprint density at radius 1 is 1.28 bits per heavy atom. The number of aromatic amines is 1. The summed E-state index contributed by atoms with van der Waals surface area (Å²) in [6.07, 6.45) is -3.68. The predicted octanol–water partition coefficient (Wildman–Crippen LogP) is 2.95. The van der Waals surface area contributed by atoms with Crippen molar-refractivity contribution < 1.29 is 17.6 Å². The molecule has 0 saturated heterocycles. The summed E-state index contributed by atoms with van der Waals surface area (Å²) in [5.74, 6) is -0.102. The van der Waals surface area contributed by atoms with Crippen LogP contribution in [0.2, 0.25) is 0 Å². The molecule has 0 spiro atoms. The average Bonchev–Trinajstić information content (AvgIpc) is 2.94. The molecule has 0 aliphatic carbocycles. The number of aryl methyl sites for hydroxylation is 3. The Balaban J connectivity index is 2.37. The van der Waals surface area contributed by atoms with Crippen LogP contribution in [-0.4, -0.2) is 25.9 Å². The molecule has 154 valence electrons. The number of alkyl halides is 3. The molecule has 0 amide bonds. The van der Waals surface area contributed by atoms with Crippen LogP contribution in [0.3, 0.4) is 0 Å². The average molecular weight is 407 g/mol. The lowest BCUT2D eigenvalue weighted by atomic mass is 10.00. The van der Waals surface area contributed by atoms with Crippen molar-refractivity contribution in [2.24, 2.45) is 0 Å². The highest BCUT2D eigenvalue weighted by molar-refractivity contribution is 5.86. The van der Waals surface area contributed by atoms with Gasteiger partial charge in [-0.2, -0.15) is 17.9 Å². The van der Waals surface area contributed by atoms with Crippen LogP contribution in [-0.2, 0) is 6.54 Å². The van der Waals surface area contributed by atoms with Crippen LogP contribution in [0.5, 0.6) is 0 Å². The number of nitrogens with one attached hydrogen (secondary N) is 1. The molecular formula is C19H22F3N6O+. The zero-order valence-electron chi connectivity index (χ0n) is 16.6.